The van der Waals surface area contributed by atoms with Gasteiger partial charge in [-0.2, -0.15) is 0 Å². The maximum atomic E-state index is 2.41. The van der Waals surface area contributed by atoms with Gasteiger partial charge < -0.3 is 9.80 Å². The first-order valence-corrected chi connectivity index (χ1v) is 19.6. The fourth-order valence-electron chi connectivity index (χ4n) is 8.42. The fraction of sp³-hybridized carbons (Fsp3) is 0. The van der Waals surface area contributed by atoms with Crippen LogP contribution in [0.2, 0.25) is 0 Å². The standard InChI is InChI=1S/C52H34N2S/c1-3-17-39(18-4-1)53(41-27-25-35-13-7-8-15-37(35)31-41)43-29-30-45-48-32-38-26-28-42(33-47(38)46-22-12-24-50(52(46)48)55-51(45)34-43)54(40-19-5-2-6-20-40)49-23-11-16-36-14-9-10-21-44(36)49/h1-34H. The van der Waals surface area contributed by atoms with Crippen LogP contribution in [0.15, 0.2) is 216 Å². The second-order valence-electron chi connectivity index (χ2n) is 14.2. The Bertz CT molecular complexity index is 3080. The van der Waals surface area contributed by atoms with Crippen LogP contribution in [0.25, 0.3) is 54.2 Å². The van der Waals surface area contributed by atoms with Crippen LogP contribution in [0.1, 0.15) is 0 Å². The van der Waals surface area contributed by atoms with Crippen molar-refractivity contribution < 1.29 is 0 Å². The van der Waals surface area contributed by atoms with Gasteiger partial charge in [-0.15, -0.1) is 0 Å². The highest BCUT2D eigenvalue weighted by atomic mass is 32.2. The molecule has 0 atom stereocenters. The van der Waals surface area contributed by atoms with E-state index in [1.165, 1.54) is 69.7 Å². The molecule has 0 aromatic heterocycles. The van der Waals surface area contributed by atoms with Crippen molar-refractivity contribution >= 4 is 89.0 Å². The molecule has 11 rings (SSSR count). The zero-order valence-corrected chi connectivity index (χ0v) is 30.7. The Morgan fingerprint density at radius 2 is 0.891 bits per heavy atom. The van der Waals surface area contributed by atoms with E-state index in [0.29, 0.717) is 0 Å². The van der Waals surface area contributed by atoms with Crippen molar-refractivity contribution in [2.45, 2.75) is 9.79 Å². The topological polar surface area (TPSA) is 6.48 Å². The summed E-state index contributed by atoms with van der Waals surface area (Å²) < 4.78 is 0. The molecule has 0 amide bonds. The average Bonchev–Trinajstić information content (AvgIpc) is 3.25. The number of hydrogen-bond acceptors (Lipinski definition) is 3. The summed E-state index contributed by atoms with van der Waals surface area (Å²) in [5.74, 6) is 0. The predicted octanol–water partition coefficient (Wildman–Crippen LogP) is 15.4. The molecule has 1 aliphatic rings. The molecule has 3 heteroatoms. The number of fused-ring (bicyclic) bond motifs is 6. The summed E-state index contributed by atoms with van der Waals surface area (Å²) in [7, 11) is 0. The lowest BCUT2D eigenvalue weighted by Crippen LogP contribution is -2.10. The predicted molar refractivity (Wildman–Crippen MR) is 235 cm³/mol. The Balaban J connectivity index is 1.06. The van der Waals surface area contributed by atoms with E-state index < -0.39 is 0 Å². The molecule has 1 heterocycles. The molecule has 0 saturated carbocycles. The number of hydrogen-bond donors (Lipinski definition) is 0. The van der Waals surface area contributed by atoms with Gasteiger partial charge in [-0.05, 0) is 122 Å². The lowest BCUT2D eigenvalue weighted by molar-refractivity contribution is 1.26. The van der Waals surface area contributed by atoms with Crippen LogP contribution in [-0.4, -0.2) is 0 Å². The van der Waals surface area contributed by atoms with E-state index in [-0.39, 0.29) is 0 Å². The minimum Gasteiger partial charge on any atom is -0.310 e. The van der Waals surface area contributed by atoms with E-state index in [2.05, 4.69) is 216 Å². The first kappa shape index (κ1) is 31.7. The average molecular weight is 719 g/mol. The Labute approximate surface area is 324 Å². The first-order chi connectivity index (χ1) is 27.3. The van der Waals surface area contributed by atoms with E-state index in [1.807, 2.05) is 11.8 Å². The van der Waals surface area contributed by atoms with Crippen molar-refractivity contribution in [3.8, 4) is 11.1 Å². The van der Waals surface area contributed by atoms with Crippen LogP contribution in [0.5, 0.6) is 0 Å². The second-order valence-corrected chi connectivity index (χ2v) is 15.2. The lowest BCUT2D eigenvalue weighted by atomic mass is 9.92. The Morgan fingerprint density at radius 3 is 1.71 bits per heavy atom. The maximum absolute atomic E-state index is 2.41. The molecule has 0 fully saturated rings. The summed E-state index contributed by atoms with van der Waals surface area (Å²) in [6, 6.07) is 75.2. The van der Waals surface area contributed by atoms with Crippen LogP contribution in [0.3, 0.4) is 0 Å². The summed E-state index contributed by atoms with van der Waals surface area (Å²) >= 11 is 1.88. The lowest BCUT2D eigenvalue weighted by Gasteiger charge is -2.29. The number of para-hydroxylation sites is 2. The molecule has 0 spiro atoms. The van der Waals surface area contributed by atoms with Gasteiger partial charge in [0.05, 0.1) is 5.69 Å². The van der Waals surface area contributed by atoms with E-state index >= 15 is 0 Å². The van der Waals surface area contributed by atoms with Gasteiger partial charge in [-0.3, -0.25) is 0 Å². The third-order valence-corrected chi connectivity index (χ3v) is 12.1. The van der Waals surface area contributed by atoms with E-state index in [4.69, 9.17) is 0 Å². The van der Waals surface area contributed by atoms with Gasteiger partial charge in [0.25, 0.3) is 0 Å². The number of benzene rings is 10. The van der Waals surface area contributed by atoms with Gasteiger partial charge in [0.1, 0.15) is 0 Å². The van der Waals surface area contributed by atoms with Crippen LogP contribution in [0, 0.1) is 0 Å². The van der Waals surface area contributed by atoms with Crippen LogP contribution < -0.4 is 9.80 Å². The zero-order chi connectivity index (χ0) is 36.3. The highest BCUT2D eigenvalue weighted by Crippen LogP contribution is 2.52. The van der Waals surface area contributed by atoms with Gasteiger partial charge >= 0.3 is 0 Å². The van der Waals surface area contributed by atoms with E-state index in [0.717, 1.165) is 28.4 Å². The highest BCUT2D eigenvalue weighted by molar-refractivity contribution is 7.99. The molecule has 0 bridgehead atoms. The molecule has 1 aliphatic heterocycles. The highest BCUT2D eigenvalue weighted by Gasteiger charge is 2.24. The first-order valence-electron chi connectivity index (χ1n) is 18.8. The smallest absolute Gasteiger partial charge is 0.0540 e. The molecular weight excluding hydrogens is 685 g/mol. The Morgan fingerprint density at radius 1 is 0.291 bits per heavy atom. The minimum atomic E-state index is 1.13. The molecule has 0 radical (unpaired) electrons. The fourth-order valence-corrected chi connectivity index (χ4v) is 9.60. The molecule has 10 aromatic carbocycles. The van der Waals surface area contributed by atoms with Crippen LogP contribution >= 0.6 is 11.8 Å². The third-order valence-electron chi connectivity index (χ3n) is 10.9. The molecular formula is C52H34N2S. The molecule has 258 valence electrons. The number of anilines is 6. The van der Waals surface area contributed by atoms with Crippen molar-refractivity contribution in [1.82, 2.24) is 0 Å². The zero-order valence-electron chi connectivity index (χ0n) is 29.9. The van der Waals surface area contributed by atoms with Crippen LogP contribution in [0.4, 0.5) is 34.1 Å². The molecule has 0 unspecified atom stereocenters. The van der Waals surface area contributed by atoms with Gasteiger partial charge in [0.2, 0.25) is 0 Å². The number of nitrogens with zero attached hydrogens (tertiary/aromatic N) is 2. The second kappa shape index (κ2) is 12.9. The Hall–Kier alpha value is -6.81. The van der Waals surface area contributed by atoms with E-state index in [1.54, 1.807) is 0 Å². The molecule has 10 aromatic rings. The van der Waals surface area contributed by atoms with Crippen LogP contribution in [-0.2, 0) is 0 Å². The Kier molecular flexibility index (Phi) is 7.46. The summed E-state index contributed by atoms with van der Waals surface area (Å²) in [4.78, 5) is 7.33. The summed E-state index contributed by atoms with van der Waals surface area (Å²) in [6.07, 6.45) is 0. The normalized spacial score (nSPS) is 11.9. The molecule has 0 aliphatic carbocycles. The van der Waals surface area contributed by atoms with Crippen molar-refractivity contribution in [1.29, 1.82) is 0 Å². The van der Waals surface area contributed by atoms with Crippen molar-refractivity contribution in [2.24, 2.45) is 0 Å². The molecule has 2 nitrogen and oxygen atoms in total. The molecule has 55 heavy (non-hydrogen) atoms. The summed E-state index contributed by atoms with van der Waals surface area (Å²) in [5.41, 5.74) is 9.42. The van der Waals surface area contributed by atoms with Gasteiger partial charge in [-0.25, -0.2) is 0 Å². The summed E-state index contributed by atoms with van der Waals surface area (Å²) in [6.45, 7) is 0. The van der Waals surface area contributed by atoms with Crippen molar-refractivity contribution in [3.05, 3.63) is 206 Å². The maximum Gasteiger partial charge on any atom is 0.0540 e. The minimum absolute atomic E-state index is 1.13. The van der Waals surface area contributed by atoms with Gasteiger partial charge in [0, 0.05) is 49.0 Å². The van der Waals surface area contributed by atoms with Gasteiger partial charge in [0.15, 0.2) is 0 Å². The molecule has 0 saturated heterocycles. The quantitative estimate of drug-likeness (QED) is 0.158. The van der Waals surface area contributed by atoms with Gasteiger partial charge in [-0.1, -0.05) is 139 Å². The van der Waals surface area contributed by atoms with E-state index in [9.17, 15) is 0 Å². The third kappa shape index (κ3) is 5.35. The monoisotopic (exact) mass is 718 g/mol. The summed E-state index contributed by atoms with van der Waals surface area (Å²) in [5, 5.41) is 10.0. The largest absolute Gasteiger partial charge is 0.310 e. The molecule has 0 N–H and O–H groups in total. The number of rotatable bonds is 6. The van der Waals surface area contributed by atoms with Crippen molar-refractivity contribution in [3.63, 3.8) is 0 Å². The van der Waals surface area contributed by atoms with Crippen molar-refractivity contribution in [2.75, 3.05) is 9.80 Å². The SMILES string of the molecule is c1ccc(N(c2ccc3c(c2)Sc2cccc4c2c-3cc2ccc(N(c3ccccc3)c3cccc5ccccc35)cc24)c2ccc3ccccc3c2)cc1.